The van der Waals surface area contributed by atoms with E-state index < -0.39 is 0 Å². The number of carbonyl (C=O) groups is 1. The number of aromatic nitrogens is 2. The van der Waals surface area contributed by atoms with Gasteiger partial charge < -0.3 is 14.2 Å². The van der Waals surface area contributed by atoms with Crippen molar-refractivity contribution < 1.29 is 19.0 Å². The lowest BCUT2D eigenvalue weighted by atomic mass is 10.1. The summed E-state index contributed by atoms with van der Waals surface area (Å²) in [6, 6.07) is 17.1. The second kappa shape index (κ2) is 8.84. The quantitative estimate of drug-likeness (QED) is 0.412. The Morgan fingerprint density at radius 1 is 1.12 bits per heavy atom. The lowest BCUT2D eigenvalue weighted by molar-refractivity contribution is -0.118. The number of carbonyl (C=O) groups excluding carboxylic acids is 1. The number of nitrogens with zero attached hydrogens (tertiary/aromatic N) is 3. The van der Waals surface area contributed by atoms with Crippen molar-refractivity contribution >= 4 is 32.6 Å². The lowest BCUT2D eigenvalue weighted by Gasteiger charge is -2.19. The number of hydrogen-bond donors (Lipinski definition) is 0. The van der Waals surface area contributed by atoms with Crippen LogP contribution >= 0.6 is 11.3 Å². The van der Waals surface area contributed by atoms with Gasteiger partial charge in [-0.1, -0.05) is 29.5 Å². The van der Waals surface area contributed by atoms with Crippen molar-refractivity contribution in [2.75, 3.05) is 18.3 Å². The fourth-order valence-electron chi connectivity index (χ4n) is 3.54. The van der Waals surface area contributed by atoms with Crippen molar-refractivity contribution in [3.63, 3.8) is 0 Å². The summed E-state index contributed by atoms with van der Waals surface area (Å²) in [5.41, 5.74) is 2.40. The van der Waals surface area contributed by atoms with Crippen molar-refractivity contribution in [2.45, 2.75) is 19.9 Å². The molecule has 2 aromatic carbocycles. The molecule has 2 aromatic heterocycles. The number of rotatable bonds is 7. The smallest absolute Gasteiger partial charge is 0.233 e. The largest absolute Gasteiger partial charge is 0.492 e. The van der Waals surface area contributed by atoms with Gasteiger partial charge in [0, 0.05) is 6.20 Å². The van der Waals surface area contributed by atoms with E-state index in [-0.39, 0.29) is 19.1 Å². The Kier molecular flexibility index (Phi) is 5.60. The van der Waals surface area contributed by atoms with Gasteiger partial charge in [0.25, 0.3) is 0 Å². The minimum atomic E-state index is -0.0773. The van der Waals surface area contributed by atoms with Gasteiger partial charge in [-0.2, -0.15) is 0 Å². The standard InChI is InChI=1S/C24H21N3O4S/c1-2-29-19-7-5-8-21-23(19)26-24(32-21)27(14-17-6-3-4-11-25-17)22(28)13-16-9-10-18-20(12-16)31-15-30-18/h3-12H,2,13-15H2,1H3. The van der Waals surface area contributed by atoms with Crippen LogP contribution in [0.2, 0.25) is 0 Å². The first-order chi connectivity index (χ1) is 15.7. The predicted octanol–water partition coefficient (Wildman–Crippen LogP) is 4.59. The molecule has 0 atom stereocenters. The molecule has 0 aliphatic carbocycles. The molecule has 1 aliphatic heterocycles. The van der Waals surface area contributed by atoms with Crippen LogP contribution in [-0.4, -0.2) is 29.3 Å². The number of anilines is 1. The van der Waals surface area contributed by atoms with Crippen molar-refractivity contribution in [3.8, 4) is 17.2 Å². The molecule has 0 saturated carbocycles. The number of amides is 1. The Hall–Kier alpha value is -3.65. The van der Waals surface area contributed by atoms with Gasteiger partial charge in [-0.15, -0.1) is 0 Å². The lowest BCUT2D eigenvalue weighted by Crippen LogP contribution is -2.32. The molecule has 3 heterocycles. The second-order valence-corrected chi connectivity index (χ2v) is 8.21. The average molecular weight is 448 g/mol. The maximum atomic E-state index is 13.5. The summed E-state index contributed by atoms with van der Waals surface area (Å²) >= 11 is 1.47. The third-order valence-electron chi connectivity index (χ3n) is 5.04. The zero-order valence-corrected chi connectivity index (χ0v) is 18.3. The monoisotopic (exact) mass is 447 g/mol. The fraction of sp³-hybridized carbons (Fsp3) is 0.208. The van der Waals surface area contributed by atoms with Crippen molar-refractivity contribution in [2.24, 2.45) is 0 Å². The number of thiazole rings is 1. The van der Waals surface area contributed by atoms with Gasteiger partial charge in [-0.25, -0.2) is 4.98 Å². The molecular weight excluding hydrogens is 426 g/mol. The second-order valence-electron chi connectivity index (χ2n) is 7.20. The maximum Gasteiger partial charge on any atom is 0.233 e. The van der Waals surface area contributed by atoms with E-state index in [9.17, 15) is 4.79 Å². The molecule has 0 fully saturated rings. The van der Waals surface area contributed by atoms with Crippen LogP contribution in [0, 0.1) is 0 Å². The minimum absolute atomic E-state index is 0.0773. The van der Waals surface area contributed by atoms with Crippen molar-refractivity contribution in [3.05, 3.63) is 72.1 Å². The first-order valence-corrected chi connectivity index (χ1v) is 11.1. The summed E-state index contributed by atoms with van der Waals surface area (Å²) in [6.07, 6.45) is 1.93. The van der Waals surface area contributed by atoms with Gasteiger partial charge in [0.05, 0.1) is 30.0 Å². The zero-order valence-electron chi connectivity index (χ0n) is 17.5. The number of pyridine rings is 1. The normalized spacial score (nSPS) is 12.2. The van der Waals surface area contributed by atoms with E-state index in [0.29, 0.717) is 35.5 Å². The Labute approximate surface area is 189 Å². The van der Waals surface area contributed by atoms with Crippen LogP contribution in [0.15, 0.2) is 60.8 Å². The minimum Gasteiger partial charge on any atom is -0.492 e. The van der Waals surface area contributed by atoms with Crippen LogP contribution in [0.1, 0.15) is 18.2 Å². The van der Waals surface area contributed by atoms with E-state index >= 15 is 0 Å². The summed E-state index contributed by atoms with van der Waals surface area (Å²) in [5.74, 6) is 1.99. The predicted molar refractivity (Wildman–Crippen MR) is 122 cm³/mol. The first-order valence-electron chi connectivity index (χ1n) is 10.3. The number of para-hydroxylation sites is 1. The van der Waals surface area contributed by atoms with Gasteiger partial charge in [-0.3, -0.25) is 14.7 Å². The summed E-state index contributed by atoms with van der Waals surface area (Å²) in [6.45, 7) is 3.02. The molecule has 4 aromatic rings. The highest BCUT2D eigenvalue weighted by Crippen LogP contribution is 2.36. The van der Waals surface area contributed by atoms with Gasteiger partial charge in [0.1, 0.15) is 11.3 Å². The molecule has 1 amide bonds. The highest BCUT2D eigenvalue weighted by molar-refractivity contribution is 7.22. The highest BCUT2D eigenvalue weighted by Gasteiger charge is 2.23. The average Bonchev–Trinajstić information content (AvgIpc) is 3.45. The van der Waals surface area contributed by atoms with E-state index in [1.165, 1.54) is 11.3 Å². The fourth-order valence-corrected chi connectivity index (χ4v) is 4.54. The first kappa shape index (κ1) is 20.3. The van der Waals surface area contributed by atoms with Crippen LogP contribution in [0.4, 0.5) is 5.13 Å². The van der Waals surface area contributed by atoms with Gasteiger partial charge in [0.15, 0.2) is 16.6 Å². The molecule has 162 valence electrons. The van der Waals surface area contributed by atoms with Crippen molar-refractivity contribution in [1.29, 1.82) is 0 Å². The third kappa shape index (κ3) is 4.09. The SMILES string of the molecule is CCOc1cccc2sc(N(Cc3ccccn3)C(=O)Cc3ccc4c(c3)OCO4)nc12. The number of benzene rings is 2. The maximum absolute atomic E-state index is 13.5. The molecule has 0 radical (unpaired) electrons. The van der Waals surface area contributed by atoms with Crippen LogP contribution in [0.3, 0.4) is 0 Å². The van der Waals surface area contributed by atoms with Crippen molar-refractivity contribution in [1.82, 2.24) is 9.97 Å². The summed E-state index contributed by atoms with van der Waals surface area (Å²) in [5, 5.41) is 0.614. The van der Waals surface area contributed by atoms with E-state index in [0.717, 1.165) is 21.5 Å². The van der Waals surface area contributed by atoms with Crippen LogP contribution < -0.4 is 19.1 Å². The molecule has 1 aliphatic rings. The third-order valence-corrected chi connectivity index (χ3v) is 6.08. The van der Waals surface area contributed by atoms with E-state index in [4.69, 9.17) is 19.2 Å². The zero-order chi connectivity index (χ0) is 21.9. The molecule has 0 spiro atoms. The van der Waals surface area contributed by atoms with E-state index in [1.54, 1.807) is 11.1 Å². The molecule has 5 rings (SSSR count). The summed E-state index contributed by atoms with van der Waals surface area (Å²) < 4.78 is 17.5. The molecule has 8 heteroatoms. The molecule has 0 bridgehead atoms. The number of fused-ring (bicyclic) bond motifs is 2. The molecule has 7 nitrogen and oxygen atoms in total. The van der Waals surface area contributed by atoms with Gasteiger partial charge in [0.2, 0.25) is 12.7 Å². The highest BCUT2D eigenvalue weighted by atomic mass is 32.1. The Balaban J connectivity index is 1.48. The van der Waals surface area contributed by atoms with Gasteiger partial charge >= 0.3 is 0 Å². The Morgan fingerprint density at radius 3 is 2.88 bits per heavy atom. The molecular formula is C24H21N3O4S. The summed E-state index contributed by atoms with van der Waals surface area (Å²) in [7, 11) is 0. The number of hydrogen-bond acceptors (Lipinski definition) is 7. The summed E-state index contributed by atoms with van der Waals surface area (Å²) in [4.78, 5) is 24.3. The van der Waals surface area contributed by atoms with Crippen LogP contribution in [-0.2, 0) is 17.8 Å². The van der Waals surface area contributed by atoms with Gasteiger partial charge in [-0.05, 0) is 48.9 Å². The number of ether oxygens (including phenoxy) is 3. The van der Waals surface area contributed by atoms with Crippen LogP contribution in [0.5, 0.6) is 17.2 Å². The van der Waals surface area contributed by atoms with E-state index in [1.807, 2.05) is 61.5 Å². The van der Waals surface area contributed by atoms with E-state index in [2.05, 4.69) is 4.98 Å². The Bertz CT molecular complexity index is 1260. The molecule has 0 N–H and O–H groups in total. The topological polar surface area (TPSA) is 73.8 Å². The Morgan fingerprint density at radius 2 is 2.03 bits per heavy atom. The molecule has 0 saturated heterocycles. The molecule has 32 heavy (non-hydrogen) atoms. The molecule has 0 unspecified atom stereocenters. The van der Waals surface area contributed by atoms with Crippen LogP contribution in [0.25, 0.3) is 10.2 Å².